The molecule has 5 atom stereocenters. The standard InChI is InChI=1S/C16H18ClNO2/c17-10-3-1-9(2-4-10)12-8-13(12)16(19)18-14-7-11-5-6-15(14)20-11/h1-4,11-15H,5-8H2,(H,18,19)/t11-,12+,13-,14-,15+/m1/s1. The van der Waals surface area contributed by atoms with Gasteiger partial charge in [0.05, 0.1) is 18.2 Å². The Morgan fingerprint density at radius 2 is 2.00 bits per heavy atom. The molecule has 20 heavy (non-hydrogen) atoms. The zero-order valence-electron chi connectivity index (χ0n) is 11.2. The van der Waals surface area contributed by atoms with E-state index in [-0.39, 0.29) is 24.0 Å². The number of ether oxygens (including phenoxy) is 1. The van der Waals surface area contributed by atoms with E-state index >= 15 is 0 Å². The van der Waals surface area contributed by atoms with Crippen molar-refractivity contribution in [2.45, 2.75) is 49.9 Å². The van der Waals surface area contributed by atoms with Crippen LogP contribution in [0.2, 0.25) is 5.02 Å². The first-order valence-electron chi connectivity index (χ1n) is 7.42. The Kier molecular flexibility index (Phi) is 3.00. The molecular weight excluding hydrogens is 274 g/mol. The molecule has 2 bridgehead atoms. The lowest BCUT2D eigenvalue weighted by molar-refractivity contribution is -0.123. The maximum absolute atomic E-state index is 12.3. The number of fused-ring (bicyclic) bond motifs is 2. The van der Waals surface area contributed by atoms with Gasteiger partial charge >= 0.3 is 0 Å². The molecule has 2 aliphatic heterocycles. The van der Waals surface area contributed by atoms with Crippen LogP contribution >= 0.6 is 11.6 Å². The molecule has 1 aliphatic carbocycles. The molecule has 1 saturated carbocycles. The third-order valence-electron chi connectivity index (χ3n) is 4.86. The highest BCUT2D eigenvalue weighted by Gasteiger charge is 2.47. The van der Waals surface area contributed by atoms with Crippen molar-refractivity contribution in [3.63, 3.8) is 0 Å². The molecule has 1 N–H and O–H groups in total. The predicted molar refractivity (Wildman–Crippen MR) is 76.7 cm³/mol. The van der Waals surface area contributed by atoms with E-state index in [9.17, 15) is 4.79 Å². The lowest BCUT2D eigenvalue weighted by atomic mass is 9.95. The van der Waals surface area contributed by atoms with Crippen LogP contribution in [0.1, 0.15) is 37.2 Å². The molecule has 0 radical (unpaired) electrons. The minimum absolute atomic E-state index is 0.135. The number of hydrogen-bond donors (Lipinski definition) is 1. The number of hydrogen-bond acceptors (Lipinski definition) is 2. The van der Waals surface area contributed by atoms with Gasteiger partial charge in [-0.1, -0.05) is 23.7 Å². The van der Waals surface area contributed by atoms with Crippen molar-refractivity contribution in [1.82, 2.24) is 5.32 Å². The highest BCUT2D eigenvalue weighted by atomic mass is 35.5. The van der Waals surface area contributed by atoms with Crippen molar-refractivity contribution < 1.29 is 9.53 Å². The summed E-state index contributed by atoms with van der Waals surface area (Å²) >= 11 is 5.89. The third kappa shape index (κ3) is 2.23. The smallest absolute Gasteiger partial charge is 0.224 e. The second-order valence-corrected chi connectivity index (χ2v) is 6.66. The van der Waals surface area contributed by atoms with Gasteiger partial charge in [0.15, 0.2) is 0 Å². The molecule has 2 saturated heterocycles. The van der Waals surface area contributed by atoms with Crippen LogP contribution in [0.25, 0.3) is 0 Å². The monoisotopic (exact) mass is 291 g/mol. The first kappa shape index (κ1) is 12.7. The topological polar surface area (TPSA) is 38.3 Å². The molecule has 4 rings (SSSR count). The molecular formula is C16H18ClNO2. The zero-order valence-corrected chi connectivity index (χ0v) is 12.0. The number of carbonyl (C=O) groups excluding carboxylic acids is 1. The molecule has 2 heterocycles. The second kappa shape index (κ2) is 4.74. The van der Waals surface area contributed by atoms with Crippen molar-refractivity contribution in [2.24, 2.45) is 5.92 Å². The van der Waals surface area contributed by atoms with Crippen LogP contribution < -0.4 is 5.32 Å². The van der Waals surface area contributed by atoms with Crippen LogP contribution in [-0.2, 0) is 9.53 Å². The Morgan fingerprint density at radius 1 is 1.20 bits per heavy atom. The van der Waals surface area contributed by atoms with E-state index < -0.39 is 0 Å². The van der Waals surface area contributed by atoms with Gasteiger partial charge in [-0.2, -0.15) is 0 Å². The van der Waals surface area contributed by atoms with Gasteiger partial charge in [-0.15, -0.1) is 0 Å². The summed E-state index contributed by atoms with van der Waals surface area (Å²) in [5.74, 6) is 0.702. The first-order chi connectivity index (χ1) is 9.70. The Hall–Kier alpha value is -1.06. The number of benzene rings is 1. The third-order valence-corrected chi connectivity index (χ3v) is 5.11. The molecule has 4 heteroatoms. The molecule has 1 aromatic carbocycles. The van der Waals surface area contributed by atoms with Gasteiger partial charge in [-0.3, -0.25) is 4.79 Å². The summed E-state index contributed by atoms with van der Waals surface area (Å²) in [4.78, 5) is 12.3. The van der Waals surface area contributed by atoms with Crippen LogP contribution in [0.4, 0.5) is 0 Å². The number of amides is 1. The van der Waals surface area contributed by atoms with E-state index in [1.807, 2.05) is 24.3 Å². The molecule has 106 valence electrons. The molecule has 0 unspecified atom stereocenters. The van der Waals surface area contributed by atoms with Gasteiger partial charge in [-0.25, -0.2) is 0 Å². The Bertz CT molecular complexity index is 530. The lowest BCUT2D eigenvalue weighted by Crippen LogP contribution is -2.42. The number of carbonyl (C=O) groups is 1. The summed E-state index contributed by atoms with van der Waals surface area (Å²) < 4.78 is 5.78. The SMILES string of the molecule is O=C(N[C@@H]1C[C@H]2CC[C@@H]1O2)[C@@H]1C[C@H]1c1ccc(Cl)cc1. The highest BCUT2D eigenvalue weighted by molar-refractivity contribution is 6.30. The molecule has 3 fully saturated rings. The fourth-order valence-electron chi connectivity index (χ4n) is 3.64. The minimum atomic E-state index is 0.135. The zero-order chi connectivity index (χ0) is 13.7. The summed E-state index contributed by atoms with van der Waals surface area (Å²) in [7, 11) is 0. The van der Waals surface area contributed by atoms with Crippen molar-refractivity contribution >= 4 is 17.5 Å². The second-order valence-electron chi connectivity index (χ2n) is 6.22. The van der Waals surface area contributed by atoms with Gasteiger partial charge in [0.1, 0.15) is 0 Å². The summed E-state index contributed by atoms with van der Waals surface area (Å²) in [6.07, 6.45) is 4.85. The highest BCUT2D eigenvalue weighted by Crippen LogP contribution is 2.48. The summed E-state index contributed by atoms with van der Waals surface area (Å²) in [5.41, 5.74) is 1.22. The van der Waals surface area contributed by atoms with Gasteiger partial charge < -0.3 is 10.1 Å². The molecule has 1 amide bonds. The normalized spacial score (nSPS) is 38.0. The van der Waals surface area contributed by atoms with Crippen molar-refractivity contribution in [3.8, 4) is 0 Å². The fourth-order valence-corrected chi connectivity index (χ4v) is 3.77. The Labute approximate surface area is 123 Å². The predicted octanol–water partition coefficient (Wildman–Crippen LogP) is 2.88. The van der Waals surface area contributed by atoms with Crippen molar-refractivity contribution in [2.75, 3.05) is 0 Å². The molecule has 0 aromatic heterocycles. The number of halogens is 1. The average Bonchev–Trinajstić information content (AvgIpc) is 2.98. The minimum Gasteiger partial charge on any atom is -0.373 e. The Morgan fingerprint density at radius 3 is 2.65 bits per heavy atom. The van der Waals surface area contributed by atoms with E-state index in [4.69, 9.17) is 16.3 Å². The van der Waals surface area contributed by atoms with Gasteiger partial charge in [0, 0.05) is 10.9 Å². The van der Waals surface area contributed by atoms with Crippen molar-refractivity contribution in [3.05, 3.63) is 34.9 Å². The average molecular weight is 292 g/mol. The quantitative estimate of drug-likeness (QED) is 0.930. The molecule has 3 aliphatic rings. The molecule has 1 aromatic rings. The van der Waals surface area contributed by atoms with E-state index in [2.05, 4.69) is 5.32 Å². The first-order valence-corrected chi connectivity index (χ1v) is 7.80. The van der Waals surface area contributed by atoms with Gasteiger partial charge in [-0.05, 0) is 49.3 Å². The fraction of sp³-hybridized carbons (Fsp3) is 0.562. The molecule has 0 spiro atoms. The van der Waals surface area contributed by atoms with Crippen LogP contribution in [0.3, 0.4) is 0 Å². The van der Waals surface area contributed by atoms with Crippen LogP contribution in [0.15, 0.2) is 24.3 Å². The summed E-state index contributed by atoms with van der Waals surface area (Å²) in [5, 5.41) is 3.94. The van der Waals surface area contributed by atoms with E-state index in [0.717, 1.165) is 30.7 Å². The lowest BCUT2D eigenvalue weighted by Gasteiger charge is -2.20. The maximum Gasteiger partial charge on any atom is 0.224 e. The van der Waals surface area contributed by atoms with Crippen LogP contribution in [0, 0.1) is 5.92 Å². The van der Waals surface area contributed by atoms with Crippen LogP contribution in [0.5, 0.6) is 0 Å². The number of nitrogens with one attached hydrogen (secondary N) is 1. The summed E-state index contributed by atoms with van der Waals surface area (Å²) in [6, 6.07) is 8.09. The Balaban J connectivity index is 1.35. The van der Waals surface area contributed by atoms with Crippen LogP contribution in [-0.4, -0.2) is 24.2 Å². The van der Waals surface area contributed by atoms with Gasteiger partial charge in [0.25, 0.3) is 0 Å². The van der Waals surface area contributed by atoms with E-state index in [1.54, 1.807) is 0 Å². The largest absolute Gasteiger partial charge is 0.373 e. The maximum atomic E-state index is 12.3. The van der Waals surface area contributed by atoms with Crippen molar-refractivity contribution in [1.29, 1.82) is 0 Å². The van der Waals surface area contributed by atoms with E-state index in [1.165, 1.54) is 5.56 Å². The van der Waals surface area contributed by atoms with E-state index in [0.29, 0.717) is 12.0 Å². The number of rotatable bonds is 3. The molecule has 3 nitrogen and oxygen atoms in total. The van der Waals surface area contributed by atoms with Gasteiger partial charge in [0.2, 0.25) is 5.91 Å². The summed E-state index contributed by atoms with van der Waals surface area (Å²) in [6.45, 7) is 0.